The Labute approximate surface area is 106 Å². The lowest BCUT2D eigenvalue weighted by Gasteiger charge is -2.14. The van der Waals surface area contributed by atoms with Gasteiger partial charge in [0, 0.05) is 18.0 Å². The maximum atomic E-state index is 11.8. The quantitative estimate of drug-likeness (QED) is 0.831. The van der Waals surface area contributed by atoms with Crippen LogP contribution in [0, 0.1) is 6.92 Å². The minimum absolute atomic E-state index is 0.118. The smallest absolute Gasteiger partial charge is 0.233 e. The van der Waals surface area contributed by atoms with Crippen molar-refractivity contribution < 1.29 is 9.90 Å². The van der Waals surface area contributed by atoms with Gasteiger partial charge in [-0.1, -0.05) is 17.7 Å². The van der Waals surface area contributed by atoms with Crippen LogP contribution < -0.4 is 0 Å². The average Bonchev–Trinajstić information content (AvgIpc) is 2.75. The van der Waals surface area contributed by atoms with Crippen molar-refractivity contribution >= 4 is 17.7 Å². The molecule has 1 heterocycles. The number of aliphatic hydroxyl groups excluding tert-OH is 1. The zero-order chi connectivity index (χ0) is 12.3. The van der Waals surface area contributed by atoms with Gasteiger partial charge in [-0.25, -0.2) is 0 Å². The number of aryl methyl sites for hydroxylation is 1. The molecule has 1 atom stereocenters. The molecule has 1 aliphatic rings. The van der Waals surface area contributed by atoms with E-state index in [4.69, 9.17) is 0 Å². The number of rotatable bonds is 3. The van der Waals surface area contributed by atoms with Crippen molar-refractivity contribution in [3.05, 3.63) is 29.8 Å². The predicted molar refractivity (Wildman–Crippen MR) is 69.1 cm³/mol. The van der Waals surface area contributed by atoms with Crippen molar-refractivity contribution in [2.24, 2.45) is 0 Å². The minimum Gasteiger partial charge on any atom is -0.391 e. The molecule has 0 aliphatic carbocycles. The molecule has 2 rings (SSSR count). The molecule has 0 radical (unpaired) electrons. The van der Waals surface area contributed by atoms with Gasteiger partial charge in [0.05, 0.1) is 11.9 Å². The van der Waals surface area contributed by atoms with E-state index in [0.717, 1.165) is 4.90 Å². The lowest BCUT2D eigenvalue weighted by atomic mass is 10.2. The molecule has 1 amide bonds. The van der Waals surface area contributed by atoms with Crippen molar-refractivity contribution in [1.82, 2.24) is 4.90 Å². The molecular weight excluding hydrogens is 234 g/mol. The first-order valence-electron chi connectivity index (χ1n) is 5.80. The Kier molecular flexibility index (Phi) is 4.07. The molecule has 1 aliphatic heterocycles. The van der Waals surface area contributed by atoms with Crippen molar-refractivity contribution in [3.8, 4) is 0 Å². The topological polar surface area (TPSA) is 40.5 Å². The lowest BCUT2D eigenvalue weighted by molar-refractivity contribution is -0.127. The summed E-state index contributed by atoms with van der Waals surface area (Å²) in [7, 11) is 0. The number of likely N-dealkylation sites (tertiary alicyclic amines) is 1. The zero-order valence-electron chi connectivity index (χ0n) is 9.93. The van der Waals surface area contributed by atoms with E-state index in [0.29, 0.717) is 25.3 Å². The van der Waals surface area contributed by atoms with Gasteiger partial charge < -0.3 is 10.0 Å². The number of amides is 1. The molecule has 3 nitrogen and oxygen atoms in total. The van der Waals surface area contributed by atoms with Crippen molar-refractivity contribution in [1.29, 1.82) is 0 Å². The second-order valence-electron chi connectivity index (χ2n) is 4.38. The molecule has 1 fully saturated rings. The Morgan fingerprint density at radius 1 is 1.47 bits per heavy atom. The van der Waals surface area contributed by atoms with E-state index < -0.39 is 0 Å². The molecule has 1 unspecified atom stereocenters. The second-order valence-corrected chi connectivity index (χ2v) is 5.43. The largest absolute Gasteiger partial charge is 0.391 e. The third kappa shape index (κ3) is 3.48. The summed E-state index contributed by atoms with van der Waals surface area (Å²) in [5.74, 6) is 0.572. The molecule has 0 aromatic heterocycles. The van der Waals surface area contributed by atoms with Gasteiger partial charge in [0.2, 0.25) is 5.91 Å². The second kappa shape index (κ2) is 5.56. The average molecular weight is 251 g/mol. The Morgan fingerprint density at radius 3 is 2.76 bits per heavy atom. The number of β-amino-alcohol motifs (C(OH)–C–C–N with tert-alkyl or cyclic N) is 1. The molecule has 1 aromatic carbocycles. The van der Waals surface area contributed by atoms with Crippen molar-refractivity contribution in [3.63, 3.8) is 0 Å². The van der Waals surface area contributed by atoms with Crippen LogP contribution in [0.3, 0.4) is 0 Å². The SMILES string of the molecule is Cc1ccc(SCC(=O)N2CCC(O)C2)cc1. The van der Waals surface area contributed by atoms with E-state index in [9.17, 15) is 9.90 Å². The molecule has 1 N–H and O–H groups in total. The third-order valence-corrected chi connectivity index (χ3v) is 3.90. The fraction of sp³-hybridized carbons (Fsp3) is 0.462. The molecular formula is C13H17NO2S. The summed E-state index contributed by atoms with van der Waals surface area (Å²) in [5, 5.41) is 9.36. The maximum Gasteiger partial charge on any atom is 0.233 e. The highest BCUT2D eigenvalue weighted by Crippen LogP contribution is 2.19. The van der Waals surface area contributed by atoms with Gasteiger partial charge in [-0.2, -0.15) is 0 Å². The molecule has 1 saturated heterocycles. The molecule has 0 bridgehead atoms. The monoisotopic (exact) mass is 251 g/mol. The first-order valence-corrected chi connectivity index (χ1v) is 6.79. The number of aliphatic hydroxyl groups is 1. The van der Waals surface area contributed by atoms with E-state index in [1.54, 1.807) is 16.7 Å². The van der Waals surface area contributed by atoms with Gasteiger partial charge in [-0.15, -0.1) is 11.8 Å². The van der Waals surface area contributed by atoms with Crippen LogP contribution in [0.25, 0.3) is 0 Å². The highest BCUT2D eigenvalue weighted by Gasteiger charge is 2.24. The van der Waals surface area contributed by atoms with Crippen LogP contribution in [0.15, 0.2) is 29.2 Å². The molecule has 0 spiro atoms. The normalized spacial score (nSPS) is 19.6. The van der Waals surface area contributed by atoms with Gasteiger partial charge in [0.1, 0.15) is 0 Å². The van der Waals surface area contributed by atoms with Gasteiger partial charge in [0.25, 0.3) is 0 Å². The number of thioether (sulfide) groups is 1. The number of hydrogen-bond donors (Lipinski definition) is 1. The fourth-order valence-electron chi connectivity index (χ4n) is 1.84. The van der Waals surface area contributed by atoms with Crippen LogP contribution >= 0.6 is 11.8 Å². The summed E-state index contributed by atoms with van der Waals surface area (Å²) in [6.07, 6.45) is 0.379. The predicted octanol–water partition coefficient (Wildman–Crippen LogP) is 1.68. The summed E-state index contributed by atoms with van der Waals surface area (Å²) in [5.41, 5.74) is 1.23. The van der Waals surface area contributed by atoms with E-state index in [1.807, 2.05) is 31.2 Å². The molecule has 1 aromatic rings. The Balaban J connectivity index is 1.82. The van der Waals surface area contributed by atoms with Crippen LogP contribution in [-0.4, -0.2) is 40.9 Å². The van der Waals surface area contributed by atoms with Crippen LogP contribution in [0.2, 0.25) is 0 Å². The highest BCUT2D eigenvalue weighted by molar-refractivity contribution is 8.00. The first kappa shape index (κ1) is 12.5. The van der Waals surface area contributed by atoms with Gasteiger partial charge in [-0.05, 0) is 25.5 Å². The van der Waals surface area contributed by atoms with Gasteiger partial charge in [-0.3, -0.25) is 4.79 Å². The number of nitrogens with zero attached hydrogens (tertiary/aromatic N) is 1. The van der Waals surface area contributed by atoms with Crippen LogP contribution in [0.5, 0.6) is 0 Å². The summed E-state index contributed by atoms with van der Waals surface area (Å²) in [6, 6.07) is 8.16. The first-order chi connectivity index (χ1) is 8.15. The Morgan fingerprint density at radius 2 is 2.18 bits per heavy atom. The Hall–Kier alpha value is -1.00. The van der Waals surface area contributed by atoms with Crippen LogP contribution in [-0.2, 0) is 4.79 Å². The number of carbonyl (C=O) groups excluding carboxylic acids is 1. The zero-order valence-corrected chi connectivity index (χ0v) is 10.7. The number of hydrogen-bond acceptors (Lipinski definition) is 3. The lowest BCUT2D eigenvalue weighted by Crippen LogP contribution is -2.30. The summed E-state index contributed by atoms with van der Waals surface area (Å²) in [4.78, 5) is 14.7. The summed E-state index contributed by atoms with van der Waals surface area (Å²) in [6.45, 7) is 3.23. The number of carbonyl (C=O) groups is 1. The summed E-state index contributed by atoms with van der Waals surface area (Å²) < 4.78 is 0. The molecule has 17 heavy (non-hydrogen) atoms. The minimum atomic E-state index is -0.330. The summed E-state index contributed by atoms with van der Waals surface area (Å²) >= 11 is 1.55. The van der Waals surface area contributed by atoms with E-state index >= 15 is 0 Å². The number of benzene rings is 1. The van der Waals surface area contributed by atoms with Crippen molar-refractivity contribution in [2.45, 2.75) is 24.3 Å². The van der Waals surface area contributed by atoms with Gasteiger partial charge >= 0.3 is 0 Å². The molecule has 4 heteroatoms. The van der Waals surface area contributed by atoms with E-state index in [-0.39, 0.29) is 12.0 Å². The maximum absolute atomic E-state index is 11.8. The van der Waals surface area contributed by atoms with Crippen molar-refractivity contribution in [2.75, 3.05) is 18.8 Å². The molecule has 92 valence electrons. The van der Waals surface area contributed by atoms with E-state index in [2.05, 4.69) is 0 Å². The Bertz CT molecular complexity index is 391. The van der Waals surface area contributed by atoms with Crippen LogP contribution in [0.1, 0.15) is 12.0 Å². The third-order valence-electron chi connectivity index (χ3n) is 2.90. The fourth-order valence-corrected chi connectivity index (χ4v) is 2.64. The van der Waals surface area contributed by atoms with E-state index in [1.165, 1.54) is 5.56 Å². The standard InChI is InChI=1S/C13H17NO2S/c1-10-2-4-12(5-3-10)17-9-13(16)14-7-6-11(15)8-14/h2-5,11,15H,6-9H2,1H3. The molecule has 0 saturated carbocycles. The highest BCUT2D eigenvalue weighted by atomic mass is 32.2. The van der Waals surface area contributed by atoms with Crippen LogP contribution in [0.4, 0.5) is 0 Å². The van der Waals surface area contributed by atoms with Gasteiger partial charge in [0.15, 0.2) is 0 Å².